The predicted molar refractivity (Wildman–Crippen MR) is 64.9 cm³/mol. The van der Waals surface area contributed by atoms with Crippen LogP contribution >= 0.6 is 11.3 Å². The largest absolute Gasteiger partial charge is 0.466 e. The molecule has 0 saturated carbocycles. The monoisotopic (exact) mass is 257 g/mol. The fraction of sp³-hybridized carbons (Fsp3) is 0.500. The zero-order chi connectivity index (χ0) is 12.5. The van der Waals surface area contributed by atoms with Crippen LogP contribution in [-0.4, -0.2) is 36.6 Å². The van der Waals surface area contributed by atoms with Gasteiger partial charge >= 0.3 is 5.97 Å². The smallest absolute Gasteiger partial charge is 0.307 e. The molecule has 0 aliphatic heterocycles. The summed E-state index contributed by atoms with van der Waals surface area (Å²) in [5.41, 5.74) is 0. The molecule has 2 N–H and O–H groups in total. The number of carbonyl (C=O) groups excluding carboxylic acids is 2. The van der Waals surface area contributed by atoms with Gasteiger partial charge in [-0.1, -0.05) is 0 Å². The van der Waals surface area contributed by atoms with Gasteiger partial charge < -0.3 is 15.4 Å². The molecule has 6 nitrogen and oxygen atoms in total. The maximum absolute atomic E-state index is 11.4. The minimum Gasteiger partial charge on any atom is -0.466 e. The van der Waals surface area contributed by atoms with Gasteiger partial charge in [-0.05, 0) is 6.92 Å². The molecule has 0 aliphatic rings. The second-order valence-corrected chi connectivity index (χ2v) is 4.01. The van der Waals surface area contributed by atoms with Crippen molar-refractivity contribution in [3.63, 3.8) is 0 Å². The van der Waals surface area contributed by atoms with Crippen molar-refractivity contribution in [2.75, 3.05) is 25.0 Å². The second-order valence-electron chi connectivity index (χ2n) is 3.12. The van der Waals surface area contributed by atoms with Gasteiger partial charge in [-0.25, -0.2) is 4.98 Å². The summed E-state index contributed by atoms with van der Waals surface area (Å²) in [4.78, 5) is 26.3. The van der Waals surface area contributed by atoms with E-state index in [1.165, 1.54) is 11.3 Å². The van der Waals surface area contributed by atoms with Crippen molar-refractivity contribution < 1.29 is 14.3 Å². The van der Waals surface area contributed by atoms with Crippen molar-refractivity contribution in [1.29, 1.82) is 0 Å². The summed E-state index contributed by atoms with van der Waals surface area (Å²) in [6.45, 7) is 2.71. The van der Waals surface area contributed by atoms with Crippen molar-refractivity contribution in [2.24, 2.45) is 0 Å². The van der Waals surface area contributed by atoms with E-state index in [0.29, 0.717) is 18.3 Å². The molecule has 94 valence electrons. The van der Waals surface area contributed by atoms with Crippen LogP contribution in [0.3, 0.4) is 0 Å². The first-order chi connectivity index (χ1) is 8.22. The molecule has 0 aliphatic carbocycles. The van der Waals surface area contributed by atoms with Crippen LogP contribution in [-0.2, 0) is 14.3 Å². The molecule has 0 saturated heterocycles. The highest BCUT2D eigenvalue weighted by Crippen LogP contribution is 2.09. The van der Waals surface area contributed by atoms with Crippen molar-refractivity contribution in [3.05, 3.63) is 11.6 Å². The molecule has 17 heavy (non-hydrogen) atoms. The number of aromatic nitrogens is 1. The van der Waals surface area contributed by atoms with Crippen LogP contribution in [0.5, 0.6) is 0 Å². The highest BCUT2D eigenvalue weighted by molar-refractivity contribution is 7.13. The first kappa shape index (κ1) is 13.6. The van der Waals surface area contributed by atoms with E-state index in [1.54, 1.807) is 18.5 Å². The average Bonchev–Trinajstić information content (AvgIpc) is 2.77. The van der Waals surface area contributed by atoms with Crippen LogP contribution < -0.4 is 10.6 Å². The summed E-state index contributed by atoms with van der Waals surface area (Å²) in [5, 5.41) is 7.83. The fourth-order valence-corrected chi connectivity index (χ4v) is 1.62. The molecule has 0 aromatic carbocycles. The molecule has 0 radical (unpaired) electrons. The maximum Gasteiger partial charge on any atom is 0.307 e. The Hall–Kier alpha value is -1.47. The Bertz CT molecular complexity index is 354. The van der Waals surface area contributed by atoms with Gasteiger partial charge in [-0.15, -0.1) is 11.3 Å². The first-order valence-electron chi connectivity index (χ1n) is 5.28. The van der Waals surface area contributed by atoms with Gasteiger partial charge in [0.2, 0.25) is 5.91 Å². The molecule has 1 aromatic heterocycles. The number of amides is 1. The lowest BCUT2D eigenvalue weighted by Gasteiger charge is -2.04. The number of anilines is 1. The van der Waals surface area contributed by atoms with Crippen molar-refractivity contribution in [1.82, 2.24) is 10.3 Å². The van der Waals surface area contributed by atoms with E-state index in [-0.39, 0.29) is 24.8 Å². The summed E-state index contributed by atoms with van der Waals surface area (Å²) in [5.74, 6) is -0.441. The number of esters is 1. The molecule has 0 fully saturated rings. The Morgan fingerprint density at radius 1 is 1.53 bits per heavy atom. The van der Waals surface area contributed by atoms with E-state index in [0.717, 1.165) is 0 Å². The van der Waals surface area contributed by atoms with Crippen molar-refractivity contribution in [2.45, 2.75) is 13.3 Å². The minimum atomic E-state index is -0.264. The molecule has 7 heteroatoms. The Balaban J connectivity index is 2.06. The first-order valence-corrected chi connectivity index (χ1v) is 6.16. The number of thiazole rings is 1. The molecule has 1 amide bonds. The van der Waals surface area contributed by atoms with Gasteiger partial charge in [0.25, 0.3) is 0 Å². The van der Waals surface area contributed by atoms with Crippen LogP contribution in [0, 0.1) is 0 Å². The third-order valence-corrected chi connectivity index (χ3v) is 2.46. The topological polar surface area (TPSA) is 80.3 Å². The second kappa shape index (κ2) is 7.75. The lowest BCUT2D eigenvalue weighted by atomic mass is 10.4. The van der Waals surface area contributed by atoms with E-state index in [1.807, 2.05) is 0 Å². The Morgan fingerprint density at radius 2 is 2.35 bits per heavy atom. The van der Waals surface area contributed by atoms with Crippen molar-refractivity contribution in [3.8, 4) is 0 Å². The van der Waals surface area contributed by atoms with Gasteiger partial charge in [0, 0.05) is 18.1 Å². The van der Waals surface area contributed by atoms with Gasteiger partial charge in [0.05, 0.1) is 19.6 Å². The lowest BCUT2D eigenvalue weighted by molar-refractivity contribution is -0.143. The predicted octanol–water partition coefficient (Wildman–Crippen LogP) is 0.624. The molecular weight excluding hydrogens is 242 g/mol. The van der Waals surface area contributed by atoms with Crippen LogP contribution in [0.15, 0.2) is 11.6 Å². The lowest BCUT2D eigenvalue weighted by Crippen LogP contribution is -2.29. The van der Waals surface area contributed by atoms with E-state index < -0.39 is 0 Å². The Labute approximate surface area is 103 Å². The molecule has 0 unspecified atom stereocenters. The van der Waals surface area contributed by atoms with E-state index >= 15 is 0 Å². The van der Waals surface area contributed by atoms with E-state index in [2.05, 4.69) is 15.6 Å². The number of carbonyl (C=O) groups is 2. The van der Waals surface area contributed by atoms with Gasteiger partial charge in [-0.3, -0.25) is 9.59 Å². The standard InChI is InChI=1S/C10H15N3O3S/c1-2-16-9(15)3-4-11-7-8(14)13-10-12-5-6-17-10/h5-6,11H,2-4,7H2,1H3,(H,12,13,14). The highest BCUT2D eigenvalue weighted by atomic mass is 32.1. The molecule has 1 aromatic rings. The van der Waals surface area contributed by atoms with Crippen LogP contribution in [0.4, 0.5) is 5.13 Å². The number of nitrogens with zero attached hydrogens (tertiary/aromatic N) is 1. The number of ether oxygens (including phenoxy) is 1. The van der Waals surface area contributed by atoms with Gasteiger partial charge in [0.15, 0.2) is 5.13 Å². The molecule has 1 rings (SSSR count). The fourth-order valence-electron chi connectivity index (χ4n) is 1.07. The average molecular weight is 257 g/mol. The number of hydrogen-bond donors (Lipinski definition) is 2. The Kier molecular flexibility index (Phi) is 6.19. The highest BCUT2D eigenvalue weighted by Gasteiger charge is 2.04. The SMILES string of the molecule is CCOC(=O)CCNCC(=O)Nc1nccs1. The maximum atomic E-state index is 11.4. The van der Waals surface area contributed by atoms with Crippen LogP contribution in [0.2, 0.25) is 0 Å². The zero-order valence-electron chi connectivity index (χ0n) is 9.56. The summed E-state index contributed by atoms with van der Waals surface area (Å²) in [6, 6.07) is 0. The number of nitrogens with one attached hydrogen (secondary N) is 2. The normalized spacial score (nSPS) is 9.94. The molecule has 0 spiro atoms. The summed E-state index contributed by atoms with van der Waals surface area (Å²) < 4.78 is 4.75. The molecule has 0 atom stereocenters. The third kappa shape index (κ3) is 5.98. The molecule has 1 heterocycles. The van der Waals surface area contributed by atoms with Gasteiger partial charge in [0.1, 0.15) is 0 Å². The number of rotatable bonds is 7. The minimum absolute atomic E-state index is 0.152. The summed E-state index contributed by atoms with van der Waals surface area (Å²) in [7, 11) is 0. The molecular formula is C10H15N3O3S. The summed E-state index contributed by atoms with van der Waals surface area (Å²) in [6.07, 6.45) is 1.88. The quantitative estimate of drug-likeness (QED) is 0.553. The summed E-state index contributed by atoms with van der Waals surface area (Å²) >= 11 is 1.36. The van der Waals surface area contributed by atoms with Crippen LogP contribution in [0.1, 0.15) is 13.3 Å². The third-order valence-electron chi connectivity index (χ3n) is 1.78. The van der Waals surface area contributed by atoms with E-state index in [4.69, 9.17) is 4.74 Å². The van der Waals surface area contributed by atoms with Crippen molar-refractivity contribution >= 4 is 28.3 Å². The zero-order valence-corrected chi connectivity index (χ0v) is 10.4. The van der Waals surface area contributed by atoms with E-state index in [9.17, 15) is 9.59 Å². The Morgan fingerprint density at radius 3 is 3.00 bits per heavy atom. The molecule has 0 bridgehead atoms. The van der Waals surface area contributed by atoms with Crippen LogP contribution in [0.25, 0.3) is 0 Å². The number of hydrogen-bond acceptors (Lipinski definition) is 6. The van der Waals surface area contributed by atoms with Gasteiger partial charge in [-0.2, -0.15) is 0 Å².